The van der Waals surface area contributed by atoms with Crippen LogP contribution in [0, 0.1) is 6.92 Å². The molecule has 0 unspecified atom stereocenters. The summed E-state index contributed by atoms with van der Waals surface area (Å²) in [5.41, 5.74) is 1.68. The smallest absolute Gasteiger partial charge is 0.265 e. The first-order valence-electron chi connectivity index (χ1n) is 8.02. The summed E-state index contributed by atoms with van der Waals surface area (Å²) in [7, 11) is -3.29. The topological polar surface area (TPSA) is 63.7 Å². The zero-order chi connectivity index (χ0) is 18.7. The third-order valence-electron chi connectivity index (χ3n) is 4.00. The van der Waals surface area contributed by atoms with Crippen molar-refractivity contribution in [2.45, 2.75) is 13.0 Å². The van der Waals surface area contributed by atoms with Crippen LogP contribution in [0.15, 0.2) is 60.0 Å². The lowest BCUT2D eigenvalue weighted by Gasteiger charge is -2.27. The van der Waals surface area contributed by atoms with Gasteiger partial charge in [0.2, 0.25) is 0 Å². The van der Waals surface area contributed by atoms with Crippen molar-refractivity contribution < 1.29 is 17.9 Å². The van der Waals surface area contributed by atoms with Gasteiger partial charge in [-0.3, -0.25) is 4.79 Å². The highest BCUT2D eigenvalue weighted by molar-refractivity contribution is 7.94. The van der Waals surface area contributed by atoms with Gasteiger partial charge in [0.05, 0.1) is 11.8 Å². The molecular formula is C19H18ClNO4S. The van der Waals surface area contributed by atoms with E-state index < -0.39 is 15.9 Å². The number of carbonyl (C=O) groups is 1. The van der Waals surface area contributed by atoms with Crippen LogP contribution in [0.2, 0.25) is 5.02 Å². The van der Waals surface area contributed by atoms with Crippen molar-refractivity contribution in [2.75, 3.05) is 17.3 Å². The molecule has 1 heterocycles. The summed E-state index contributed by atoms with van der Waals surface area (Å²) >= 11 is 5.84. The van der Waals surface area contributed by atoms with E-state index in [-0.39, 0.29) is 18.3 Å². The van der Waals surface area contributed by atoms with E-state index in [9.17, 15) is 13.2 Å². The standard InChI is InChI=1S/C19H18ClNO4S/c1-14-2-6-16(7-3-14)21(17-10-11-26(23,24)13-17)19(22)12-25-18-8-4-15(20)5-9-18/h2-11,17H,12-13H2,1H3/t17-/m0/s1. The van der Waals surface area contributed by atoms with Gasteiger partial charge in [0.25, 0.3) is 5.91 Å². The van der Waals surface area contributed by atoms with Crippen molar-refractivity contribution in [3.05, 3.63) is 70.6 Å². The minimum Gasteiger partial charge on any atom is -0.484 e. The summed E-state index contributed by atoms with van der Waals surface area (Å²) < 4.78 is 29.1. The Hall–Kier alpha value is -2.31. The van der Waals surface area contributed by atoms with Crippen LogP contribution in [0.1, 0.15) is 5.56 Å². The van der Waals surface area contributed by atoms with Gasteiger partial charge in [-0.15, -0.1) is 0 Å². The molecule has 2 aromatic carbocycles. The van der Waals surface area contributed by atoms with Gasteiger partial charge in [0, 0.05) is 16.1 Å². The Kier molecular flexibility index (Phi) is 5.34. The van der Waals surface area contributed by atoms with Gasteiger partial charge in [0.15, 0.2) is 16.4 Å². The Morgan fingerprint density at radius 3 is 2.38 bits per heavy atom. The van der Waals surface area contributed by atoms with E-state index in [0.717, 1.165) is 11.0 Å². The molecule has 0 saturated heterocycles. The third-order valence-corrected chi connectivity index (χ3v) is 5.63. The third kappa shape index (κ3) is 4.45. The second-order valence-electron chi connectivity index (χ2n) is 6.07. The molecule has 1 aliphatic rings. The SMILES string of the molecule is Cc1ccc(N(C(=O)COc2ccc(Cl)cc2)[C@H]2C=CS(=O)(=O)C2)cc1. The lowest BCUT2D eigenvalue weighted by atomic mass is 10.1. The van der Waals surface area contributed by atoms with E-state index in [1.165, 1.54) is 11.0 Å². The van der Waals surface area contributed by atoms with Gasteiger partial charge in [-0.25, -0.2) is 8.42 Å². The molecular weight excluding hydrogens is 374 g/mol. The minimum absolute atomic E-state index is 0.131. The molecule has 0 N–H and O–H groups in total. The predicted octanol–water partition coefficient (Wildman–Crippen LogP) is 3.37. The molecule has 1 amide bonds. The number of nitrogens with zero attached hydrogens (tertiary/aromatic N) is 1. The summed E-state index contributed by atoms with van der Waals surface area (Å²) in [6.07, 6.45) is 1.54. The van der Waals surface area contributed by atoms with E-state index in [1.807, 2.05) is 19.1 Å². The van der Waals surface area contributed by atoms with E-state index >= 15 is 0 Å². The first kappa shape index (κ1) is 18.5. The summed E-state index contributed by atoms with van der Waals surface area (Å²) in [5, 5.41) is 1.73. The molecule has 0 saturated carbocycles. The number of amides is 1. The maximum Gasteiger partial charge on any atom is 0.265 e. The normalized spacial score (nSPS) is 17.8. The van der Waals surface area contributed by atoms with Crippen LogP contribution in [-0.4, -0.2) is 32.7 Å². The number of benzene rings is 2. The van der Waals surface area contributed by atoms with E-state index in [4.69, 9.17) is 16.3 Å². The molecule has 1 atom stereocenters. The summed E-state index contributed by atoms with van der Waals surface area (Å²) in [6, 6.07) is 13.5. The van der Waals surface area contributed by atoms with Crippen LogP contribution in [0.5, 0.6) is 5.75 Å². The summed E-state index contributed by atoms with van der Waals surface area (Å²) in [5.74, 6) is 0.0600. The van der Waals surface area contributed by atoms with E-state index in [1.54, 1.807) is 36.4 Å². The Morgan fingerprint density at radius 1 is 1.15 bits per heavy atom. The van der Waals surface area contributed by atoms with E-state index in [0.29, 0.717) is 16.5 Å². The Morgan fingerprint density at radius 2 is 1.81 bits per heavy atom. The highest BCUT2D eigenvalue weighted by Crippen LogP contribution is 2.24. The monoisotopic (exact) mass is 391 g/mol. The second-order valence-corrected chi connectivity index (χ2v) is 8.43. The van der Waals surface area contributed by atoms with Gasteiger partial charge in [-0.05, 0) is 49.4 Å². The fourth-order valence-corrected chi connectivity index (χ4v) is 4.09. The van der Waals surface area contributed by atoms with Crippen molar-refractivity contribution in [1.29, 1.82) is 0 Å². The highest BCUT2D eigenvalue weighted by Gasteiger charge is 2.31. The number of halogens is 1. The zero-order valence-electron chi connectivity index (χ0n) is 14.1. The molecule has 5 nitrogen and oxygen atoms in total. The second kappa shape index (κ2) is 7.51. The number of aryl methyl sites for hydroxylation is 1. The molecule has 0 radical (unpaired) electrons. The average molecular weight is 392 g/mol. The van der Waals surface area contributed by atoms with Gasteiger partial charge < -0.3 is 9.64 Å². The number of ether oxygens (including phenoxy) is 1. The van der Waals surface area contributed by atoms with Gasteiger partial charge >= 0.3 is 0 Å². The Bertz CT molecular complexity index is 921. The number of hydrogen-bond acceptors (Lipinski definition) is 4. The van der Waals surface area contributed by atoms with Crippen LogP contribution in [-0.2, 0) is 14.6 Å². The number of anilines is 1. The first-order valence-corrected chi connectivity index (χ1v) is 10.1. The molecule has 0 aliphatic carbocycles. The Labute approximate surface area is 157 Å². The molecule has 0 spiro atoms. The number of hydrogen-bond donors (Lipinski definition) is 0. The first-order chi connectivity index (χ1) is 12.3. The predicted molar refractivity (Wildman–Crippen MR) is 102 cm³/mol. The van der Waals surface area contributed by atoms with Crippen LogP contribution in [0.25, 0.3) is 0 Å². The van der Waals surface area contributed by atoms with Crippen molar-refractivity contribution in [3.63, 3.8) is 0 Å². The molecule has 0 bridgehead atoms. The number of carbonyl (C=O) groups excluding carboxylic acids is 1. The maximum absolute atomic E-state index is 12.8. The van der Waals surface area contributed by atoms with Crippen molar-refractivity contribution in [1.82, 2.24) is 0 Å². The van der Waals surface area contributed by atoms with Crippen LogP contribution >= 0.6 is 11.6 Å². The van der Waals surface area contributed by atoms with Crippen molar-refractivity contribution in [2.24, 2.45) is 0 Å². The molecule has 3 rings (SSSR count). The lowest BCUT2D eigenvalue weighted by Crippen LogP contribution is -2.43. The average Bonchev–Trinajstić information content (AvgIpc) is 2.96. The zero-order valence-corrected chi connectivity index (χ0v) is 15.7. The number of rotatable bonds is 5. The fourth-order valence-electron chi connectivity index (χ4n) is 2.69. The largest absolute Gasteiger partial charge is 0.484 e. The lowest BCUT2D eigenvalue weighted by molar-refractivity contribution is -0.120. The number of sulfone groups is 1. The maximum atomic E-state index is 12.8. The summed E-state index contributed by atoms with van der Waals surface area (Å²) in [4.78, 5) is 14.3. The molecule has 26 heavy (non-hydrogen) atoms. The van der Waals surface area contributed by atoms with E-state index in [2.05, 4.69) is 0 Å². The molecule has 7 heteroatoms. The van der Waals surface area contributed by atoms with Crippen molar-refractivity contribution >= 4 is 33.0 Å². The minimum atomic E-state index is -3.29. The quantitative estimate of drug-likeness (QED) is 0.783. The molecule has 136 valence electrons. The van der Waals surface area contributed by atoms with Gasteiger partial charge in [-0.1, -0.05) is 29.3 Å². The van der Waals surface area contributed by atoms with Crippen LogP contribution in [0.4, 0.5) is 5.69 Å². The van der Waals surface area contributed by atoms with Gasteiger partial charge in [-0.2, -0.15) is 0 Å². The molecule has 0 fully saturated rings. The van der Waals surface area contributed by atoms with Crippen LogP contribution in [0.3, 0.4) is 0 Å². The van der Waals surface area contributed by atoms with Gasteiger partial charge in [0.1, 0.15) is 5.75 Å². The Balaban J connectivity index is 1.80. The molecule has 0 aromatic heterocycles. The van der Waals surface area contributed by atoms with Crippen molar-refractivity contribution in [3.8, 4) is 5.75 Å². The molecule has 2 aromatic rings. The summed E-state index contributed by atoms with van der Waals surface area (Å²) in [6.45, 7) is 1.74. The fraction of sp³-hybridized carbons (Fsp3) is 0.211. The molecule has 1 aliphatic heterocycles. The van der Waals surface area contributed by atoms with Crippen LogP contribution < -0.4 is 9.64 Å². The highest BCUT2D eigenvalue weighted by atomic mass is 35.5.